The molecule has 34 heavy (non-hydrogen) atoms. The van der Waals surface area contributed by atoms with Crippen molar-refractivity contribution in [2.75, 3.05) is 18.0 Å². The number of benzene rings is 2. The zero-order valence-corrected chi connectivity index (χ0v) is 21.0. The van der Waals surface area contributed by atoms with Crippen molar-refractivity contribution >= 4 is 23.7 Å². The summed E-state index contributed by atoms with van der Waals surface area (Å²) < 4.78 is 10.8. The SMILES string of the molecule is CC(C)(C)OC(=O)NCCC(=O)c1cccc(N(CCc2ccccc2)C(=O)OC(C)(C)C)c1. The number of alkyl carbamates (subject to hydrolysis) is 1. The smallest absolute Gasteiger partial charge is 0.414 e. The monoisotopic (exact) mass is 468 g/mol. The Bertz CT molecular complexity index is 975. The number of anilines is 1. The van der Waals surface area contributed by atoms with E-state index in [1.165, 1.54) is 0 Å². The Morgan fingerprint density at radius 1 is 0.853 bits per heavy atom. The van der Waals surface area contributed by atoms with Gasteiger partial charge in [0, 0.05) is 30.8 Å². The number of rotatable bonds is 8. The van der Waals surface area contributed by atoms with Crippen molar-refractivity contribution in [3.8, 4) is 0 Å². The standard InChI is InChI=1S/C27H36N2O5/c1-26(2,3)33-24(31)28-17-15-23(30)21-13-10-14-22(19-21)29(25(32)34-27(4,5)6)18-16-20-11-8-7-9-12-20/h7-14,19H,15-18H2,1-6H3,(H,28,31). The van der Waals surface area contributed by atoms with Crippen LogP contribution in [0.1, 0.15) is 63.9 Å². The van der Waals surface area contributed by atoms with Gasteiger partial charge in [0.25, 0.3) is 0 Å². The largest absolute Gasteiger partial charge is 0.444 e. The zero-order valence-electron chi connectivity index (χ0n) is 21.0. The van der Waals surface area contributed by atoms with Gasteiger partial charge in [0.2, 0.25) is 0 Å². The molecule has 0 aliphatic rings. The summed E-state index contributed by atoms with van der Waals surface area (Å²) >= 11 is 0. The molecule has 1 N–H and O–H groups in total. The lowest BCUT2D eigenvalue weighted by molar-refractivity contribution is 0.0525. The van der Waals surface area contributed by atoms with E-state index in [1.807, 2.05) is 51.1 Å². The predicted molar refractivity (Wildman–Crippen MR) is 133 cm³/mol. The van der Waals surface area contributed by atoms with E-state index in [9.17, 15) is 14.4 Å². The first-order valence-electron chi connectivity index (χ1n) is 11.5. The summed E-state index contributed by atoms with van der Waals surface area (Å²) in [6, 6.07) is 16.8. The molecule has 0 unspecified atom stereocenters. The maximum atomic E-state index is 13.0. The highest BCUT2D eigenvalue weighted by atomic mass is 16.6. The van der Waals surface area contributed by atoms with Crippen molar-refractivity contribution in [2.24, 2.45) is 0 Å². The quantitative estimate of drug-likeness (QED) is 0.497. The van der Waals surface area contributed by atoms with Crippen molar-refractivity contribution < 1.29 is 23.9 Å². The molecular formula is C27H36N2O5. The van der Waals surface area contributed by atoms with Gasteiger partial charge in [-0.25, -0.2) is 9.59 Å². The van der Waals surface area contributed by atoms with Crippen molar-refractivity contribution in [3.63, 3.8) is 0 Å². The first-order chi connectivity index (χ1) is 15.8. The van der Waals surface area contributed by atoms with Crippen LogP contribution in [0.15, 0.2) is 54.6 Å². The molecule has 0 fully saturated rings. The Kier molecular flexibility index (Phi) is 9.24. The molecule has 0 spiro atoms. The van der Waals surface area contributed by atoms with Gasteiger partial charge >= 0.3 is 12.2 Å². The van der Waals surface area contributed by atoms with Crippen molar-refractivity contribution in [1.29, 1.82) is 0 Å². The minimum atomic E-state index is -0.650. The molecule has 7 heteroatoms. The summed E-state index contributed by atoms with van der Waals surface area (Å²) in [5.41, 5.74) is 0.875. The fourth-order valence-corrected chi connectivity index (χ4v) is 3.11. The van der Waals surface area contributed by atoms with Crippen molar-refractivity contribution in [2.45, 2.75) is 65.6 Å². The normalized spacial score (nSPS) is 11.5. The molecule has 0 bridgehead atoms. The number of carbonyl (C=O) groups excluding carboxylic acids is 3. The molecule has 0 aliphatic heterocycles. The number of nitrogens with one attached hydrogen (secondary N) is 1. The van der Waals surface area contributed by atoms with E-state index in [1.54, 1.807) is 49.9 Å². The molecule has 2 rings (SSSR count). The van der Waals surface area contributed by atoms with Crippen LogP contribution in [0.4, 0.5) is 15.3 Å². The number of amides is 2. The van der Waals surface area contributed by atoms with Crippen LogP contribution < -0.4 is 10.2 Å². The number of hydrogen-bond donors (Lipinski definition) is 1. The van der Waals surface area contributed by atoms with Gasteiger partial charge in [-0.3, -0.25) is 9.69 Å². The van der Waals surface area contributed by atoms with E-state index in [4.69, 9.17) is 9.47 Å². The topological polar surface area (TPSA) is 84.9 Å². The number of carbonyl (C=O) groups is 3. The fourth-order valence-electron chi connectivity index (χ4n) is 3.11. The van der Waals surface area contributed by atoms with Gasteiger partial charge < -0.3 is 14.8 Å². The Labute approximate surface area is 202 Å². The van der Waals surface area contributed by atoms with Crippen LogP contribution in [-0.4, -0.2) is 42.3 Å². The maximum Gasteiger partial charge on any atom is 0.414 e. The van der Waals surface area contributed by atoms with Crippen molar-refractivity contribution in [3.05, 3.63) is 65.7 Å². The molecular weight excluding hydrogens is 432 g/mol. The van der Waals surface area contributed by atoms with E-state index in [2.05, 4.69) is 5.32 Å². The molecule has 0 atom stereocenters. The highest BCUT2D eigenvalue weighted by molar-refractivity contribution is 5.98. The lowest BCUT2D eigenvalue weighted by atomic mass is 10.1. The average molecular weight is 469 g/mol. The highest BCUT2D eigenvalue weighted by Gasteiger charge is 2.24. The number of ketones is 1. The maximum absolute atomic E-state index is 13.0. The second-order valence-electron chi connectivity index (χ2n) is 10.0. The summed E-state index contributed by atoms with van der Waals surface area (Å²) in [6.07, 6.45) is -0.289. The predicted octanol–water partition coefficient (Wildman–Crippen LogP) is 5.77. The van der Waals surface area contributed by atoms with Crippen LogP contribution in [0, 0.1) is 0 Å². The summed E-state index contributed by atoms with van der Waals surface area (Å²) in [6.45, 7) is 11.3. The molecule has 184 valence electrons. The number of Topliss-reactive ketones (excluding diaryl/α,β-unsaturated/α-hetero) is 1. The van der Waals surface area contributed by atoms with Gasteiger partial charge in [0.05, 0.1) is 0 Å². The molecule has 2 aromatic carbocycles. The van der Waals surface area contributed by atoms with E-state index < -0.39 is 23.4 Å². The molecule has 2 amide bonds. The third-order valence-electron chi connectivity index (χ3n) is 4.58. The Hall–Kier alpha value is -3.35. The van der Waals surface area contributed by atoms with Gasteiger partial charge in [0.1, 0.15) is 11.2 Å². The lowest BCUT2D eigenvalue weighted by Gasteiger charge is -2.28. The molecule has 2 aromatic rings. The van der Waals surface area contributed by atoms with Crippen LogP contribution in [0.25, 0.3) is 0 Å². The van der Waals surface area contributed by atoms with Crippen molar-refractivity contribution in [1.82, 2.24) is 5.32 Å². The summed E-state index contributed by atoms with van der Waals surface area (Å²) in [4.78, 5) is 39.1. The van der Waals surface area contributed by atoms with Gasteiger partial charge in [0.15, 0.2) is 5.78 Å². The molecule has 0 aromatic heterocycles. The Morgan fingerprint density at radius 3 is 2.12 bits per heavy atom. The number of ether oxygens (including phenoxy) is 2. The zero-order chi connectivity index (χ0) is 25.4. The van der Waals surface area contributed by atoms with Crippen LogP contribution in [0.3, 0.4) is 0 Å². The molecule has 0 saturated heterocycles. The van der Waals surface area contributed by atoms with Gasteiger partial charge in [-0.2, -0.15) is 0 Å². The molecule has 0 radical (unpaired) electrons. The summed E-state index contributed by atoms with van der Waals surface area (Å²) in [5.74, 6) is -0.148. The third kappa shape index (κ3) is 9.65. The second kappa shape index (κ2) is 11.7. The number of nitrogens with zero attached hydrogens (tertiary/aromatic N) is 1. The third-order valence-corrected chi connectivity index (χ3v) is 4.58. The minimum absolute atomic E-state index is 0.110. The first-order valence-corrected chi connectivity index (χ1v) is 11.5. The molecule has 7 nitrogen and oxygen atoms in total. The average Bonchev–Trinajstić information content (AvgIpc) is 2.72. The van der Waals surface area contributed by atoms with Crippen LogP contribution in [0.5, 0.6) is 0 Å². The van der Waals surface area contributed by atoms with E-state index >= 15 is 0 Å². The summed E-state index contributed by atoms with van der Waals surface area (Å²) in [5, 5.41) is 2.59. The fraction of sp³-hybridized carbons (Fsp3) is 0.444. The Balaban J connectivity index is 2.11. The van der Waals surface area contributed by atoms with Crippen LogP contribution in [-0.2, 0) is 15.9 Å². The molecule has 0 saturated carbocycles. The number of hydrogen-bond acceptors (Lipinski definition) is 5. The molecule has 0 aliphatic carbocycles. The summed E-state index contributed by atoms with van der Waals surface area (Å²) in [7, 11) is 0. The van der Waals surface area contributed by atoms with E-state index in [0.717, 1.165) is 5.56 Å². The van der Waals surface area contributed by atoms with Crippen LogP contribution >= 0.6 is 0 Å². The Morgan fingerprint density at radius 2 is 1.50 bits per heavy atom. The lowest BCUT2D eigenvalue weighted by Crippen LogP contribution is -2.38. The van der Waals surface area contributed by atoms with Crippen LogP contribution in [0.2, 0.25) is 0 Å². The highest BCUT2D eigenvalue weighted by Crippen LogP contribution is 2.21. The van der Waals surface area contributed by atoms with Gasteiger partial charge in [-0.15, -0.1) is 0 Å². The molecule has 0 heterocycles. The minimum Gasteiger partial charge on any atom is -0.444 e. The van der Waals surface area contributed by atoms with E-state index in [0.29, 0.717) is 24.2 Å². The van der Waals surface area contributed by atoms with Gasteiger partial charge in [-0.05, 0) is 65.7 Å². The first kappa shape index (κ1) is 26.9. The second-order valence-corrected chi connectivity index (χ2v) is 10.0. The van der Waals surface area contributed by atoms with Gasteiger partial charge in [-0.1, -0.05) is 42.5 Å². The van der Waals surface area contributed by atoms with E-state index in [-0.39, 0.29) is 18.7 Å².